The fourth-order valence-corrected chi connectivity index (χ4v) is 1.11. The predicted molar refractivity (Wildman–Crippen MR) is 45.5 cm³/mol. The van der Waals surface area contributed by atoms with Crippen molar-refractivity contribution in [3.05, 3.63) is 28.8 Å². The number of hydrogen-bond acceptors (Lipinski definition) is 1. The van der Waals surface area contributed by atoms with Crippen molar-refractivity contribution in [1.29, 1.82) is 0 Å². The van der Waals surface area contributed by atoms with E-state index in [9.17, 15) is 13.2 Å². The lowest BCUT2D eigenvalue weighted by Crippen LogP contribution is -2.17. The summed E-state index contributed by atoms with van der Waals surface area (Å²) < 4.78 is 36.6. The van der Waals surface area contributed by atoms with Gasteiger partial charge in [0.05, 0.1) is 10.6 Å². The fraction of sp³-hybridized carbons (Fsp3) is 0.143. The van der Waals surface area contributed by atoms with E-state index in [0.717, 1.165) is 12.1 Å². The molecule has 70 valence electrons. The Balaban J connectivity index is 3.19. The third-order valence-corrected chi connectivity index (χ3v) is 1.85. The molecule has 0 unspecified atom stereocenters. The molecule has 0 fully saturated rings. The summed E-state index contributed by atoms with van der Waals surface area (Å²) in [6, 6.07) is 3.30. The van der Waals surface area contributed by atoms with Crippen molar-refractivity contribution in [2.45, 2.75) is 6.18 Å². The van der Waals surface area contributed by atoms with E-state index >= 15 is 0 Å². The minimum absolute atomic E-state index is 0.191. The van der Waals surface area contributed by atoms with Gasteiger partial charge >= 0.3 is 13.7 Å². The molecule has 1 nitrogen and oxygen atoms in total. The largest absolute Gasteiger partial charge is 0.449 e. The summed E-state index contributed by atoms with van der Waals surface area (Å²) in [5, 5.41) is 8.25. The van der Waals surface area contributed by atoms with Crippen molar-refractivity contribution in [1.82, 2.24) is 0 Å². The second kappa shape index (κ2) is 3.60. The Bertz CT molecular complexity index is 313. The SMILES string of the molecule is OBc1ccc(Cl)c(C(F)(F)F)c1. The Labute approximate surface area is 78.4 Å². The first-order valence-electron chi connectivity index (χ1n) is 3.41. The van der Waals surface area contributed by atoms with Crippen molar-refractivity contribution in [2.75, 3.05) is 0 Å². The molecule has 0 aliphatic heterocycles. The fourth-order valence-electron chi connectivity index (χ4n) is 0.888. The number of hydrogen-bond donors (Lipinski definition) is 1. The molecule has 0 atom stereocenters. The normalized spacial score (nSPS) is 11.5. The van der Waals surface area contributed by atoms with Crippen LogP contribution in [0.4, 0.5) is 13.2 Å². The topological polar surface area (TPSA) is 20.2 Å². The van der Waals surface area contributed by atoms with E-state index in [-0.39, 0.29) is 10.5 Å². The first-order valence-corrected chi connectivity index (χ1v) is 3.79. The zero-order valence-corrected chi connectivity index (χ0v) is 7.15. The molecule has 0 aliphatic rings. The lowest BCUT2D eigenvalue weighted by atomic mass is 9.87. The Hall–Kier alpha value is -0.675. The Kier molecular flexibility index (Phi) is 2.88. The van der Waals surface area contributed by atoms with Gasteiger partial charge in [-0.1, -0.05) is 29.2 Å². The molecule has 0 aliphatic carbocycles. The van der Waals surface area contributed by atoms with E-state index in [0.29, 0.717) is 0 Å². The minimum Gasteiger partial charge on any atom is -0.449 e. The maximum atomic E-state index is 12.2. The van der Waals surface area contributed by atoms with Crippen LogP contribution >= 0.6 is 11.6 Å². The first-order chi connectivity index (χ1) is 5.95. The van der Waals surface area contributed by atoms with Crippen LogP contribution in [-0.2, 0) is 6.18 Å². The zero-order chi connectivity index (χ0) is 10.1. The zero-order valence-electron chi connectivity index (χ0n) is 6.40. The lowest BCUT2D eigenvalue weighted by Gasteiger charge is -2.09. The van der Waals surface area contributed by atoms with E-state index in [1.165, 1.54) is 6.07 Å². The van der Waals surface area contributed by atoms with E-state index in [1.807, 2.05) is 0 Å². The second-order valence-electron chi connectivity index (χ2n) is 2.47. The van der Waals surface area contributed by atoms with Crippen molar-refractivity contribution < 1.29 is 18.2 Å². The maximum absolute atomic E-state index is 12.2. The highest BCUT2D eigenvalue weighted by Crippen LogP contribution is 2.33. The molecule has 0 aromatic heterocycles. The predicted octanol–water partition coefficient (Wildman–Crippen LogP) is 1.33. The van der Waals surface area contributed by atoms with E-state index in [2.05, 4.69) is 0 Å². The molecule has 1 aromatic carbocycles. The molecule has 0 spiro atoms. The van der Waals surface area contributed by atoms with Gasteiger partial charge in [0.25, 0.3) is 0 Å². The molecule has 0 heterocycles. The van der Waals surface area contributed by atoms with E-state index in [1.54, 1.807) is 0 Å². The first kappa shape index (κ1) is 10.4. The molecule has 0 saturated carbocycles. The highest BCUT2D eigenvalue weighted by atomic mass is 35.5. The molecule has 0 saturated heterocycles. The van der Waals surface area contributed by atoms with E-state index < -0.39 is 19.2 Å². The lowest BCUT2D eigenvalue weighted by molar-refractivity contribution is -0.137. The van der Waals surface area contributed by atoms with Gasteiger partial charge in [0, 0.05) is 0 Å². The number of rotatable bonds is 1. The molecule has 1 aromatic rings. The van der Waals surface area contributed by atoms with Crippen molar-refractivity contribution >= 4 is 24.5 Å². The summed E-state index contributed by atoms with van der Waals surface area (Å²) in [6.45, 7) is 0. The molecular weight excluding hydrogens is 203 g/mol. The molecule has 0 amide bonds. The summed E-state index contributed by atoms with van der Waals surface area (Å²) in [7, 11) is -0.430. The summed E-state index contributed by atoms with van der Waals surface area (Å²) in [4.78, 5) is 0. The Morgan fingerprint density at radius 2 is 1.92 bits per heavy atom. The molecule has 1 N–H and O–H groups in total. The van der Waals surface area contributed by atoms with Gasteiger partial charge in [-0.2, -0.15) is 13.2 Å². The van der Waals surface area contributed by atoms with Gasteiger partial charge in [0.2, 0.25) is 0 Å². The van der Waals surface area contributed by atoms with Crippen LogP contribution in [0.3, 0.4) is 0 Å². The molecule has 1 rings (SSSR count). The Morgan fingerprint density at radius 1 is 1.31 bits per heavy atom. The van der Waals surface area contributed by atoms with Crippen LogP contribution in [0.2, 0.25) is 5.02 Å². The molecule has 13 heavy (non-hydrogen) atoms. The van der Waals surface area contributed by atoms with Crippen molar-refractivity contribution in [2.24, 2.45) is 0 Å². The van der Waals surface area contributed by atoms with Gasteiger partial charge in [-0.05, 0) is 6.07 Å². The molecule has 0 bridgehead atoms. The van der Waals surface area contributed by atoms with Gasteiger partial charge in [-0.25, -0.2) is 0 Å². The minimum atomic E-state index is -4.47. The molecular formula is C7H5BClF3O. The third kappa shape index (κ3) is 2.38. The van der Waals surface area contributed by atoms with Crippen LogP contribution in [0.5, 0.6) is 0 Å². The number of benzene rings is 1. The Morgan fingerprint density at radius 3 is 2.38 bits per heavy atom. The van der Waals surface area contributed by atoms with Gasteiger partial charge in [-0.3, -0.25) is 0 Å². The average Bonchev–Trinajstić information content (AvgIpc) is 2.03. The maximum Gasteiger partial charge on any atom is 0.417 e. The van der Waals surface area contributed by atoms with Crippen LogP contribution < -0.4 is 5.46 Å². The third-order valence-electron chi connectivity index (χ3n) is 1.52. The summed E-state index contributed by atoms with van der Waals surface area (Å²) in [6.07, 6.45) is -4.47. The molecule has 6 heteroatoms. The van der Waals surface area contributed by atoms with Crippen molar-refractivity contribution in [3.8, 4) is 0 Å². The summed E-state index contributed by atoms with van der Waals surface area (Å²) >= 11 is 5.34. The van der Waals surface area contributed by atoms with Gasteiger partial charge < -0.3 is 5.02 Å². The van der Waals surface area contributed by atoms with Gasteiger partial charge in [0.1, 0.15) is 0 Å². The van der Waals surface area contributed by atoms with Crippen LogP contribution in [0.1, 0.15) is 5.56 Å². The highest BCUT2D eigenvalue weighted by molar-refractivity contribution is 6.45. The van der Waals surface area contributed by atoms with Gasteiger partial charge in [0.15, 0.2) is 0 Å². The summed E-state index contributed by atoms with van der Waals surface area (Å²) in [5.74, 6) is 0. The number of alkyl halides is 3. The van der Waals surface area contributed by atoms with Crippen LogP contribution in [0, 0.1) is 0 Å². The van der Waals surface area contributed by atoms with Crippen molar-refractivity contribution in [3.63, 3.8) is 0 Å². The van der Waals surface area contributed by atoms with Crippen LogP contribution in [0.25, 0.3) is 0 Å². The number of halogens is 4. The smallest absolute Gasteiger partial charge is 0.417 e. The summed E-state index contributed by atoms with van der Waals surface area (Å²) in [5.41, 5.74) is -0.725. The van der Waals surface area contributed by atoms with Gasteiger partial charge in [-0.15, -0.1) is 0 Å². The molecule has 0 radical (unpaired) electrons. The monoisotopic (exact) mass is 208 g/mol. The van der Waals surface area contributed by atoms with Crippen LogP contribution in [0.15, 0.2) is 18.2 Å². The highest BCUT2D eigenvalue weighted by Gasteiger charge is 2.33. The standard InChI is InChI=1S/C7H5BClF3O/c9-6-2-1-4(8-13)3-5(6)7(10,11)12/h1-3,8,13H. The van der Waals surface area contributed by atoms with Crippen LogP contribution in [-0.4, -0.2) is 12.5 Å². The average molecular weight is 208 g/mol. The van der Waals surface area contributed by atoms with E-state index in [4.69, 9.17) is 16.6 Å². The quantitative estimate of drug-likeness (QED) is 0.690. The second-order valence-corrected chi connectivity index (χ2v) is 2.88.